The van der Waals surface area contributed by atoms with E-state index in [0.717, 1.165) is 57.5 Å². The molecule has 0 amide bonds. The van der Waals surface area contributed by atoms with Crippen molar-refractivity contribution in [1.82, 2.24) is 15.5 Å². The molecule has 1 saturated carbocycles. The number of benzene rings is 1. The summed E-state index contributed by atoms with van der Waals surface area (Å²) >= 11 is 4.57. The summed E-state index contributed by atoms with van der Waals surface area (Å²) in [5, 5.41) is 17.9. The van der Waals surface area contributed by atoms with Gasteiger partial charge in [0, 0.05) is 35.8 Å². The first-order chi connectivity index (χ1) is 27.5. The van der Waals surface area contributed by atoms with Crippen molar-refractivity contribution in [3.8, 4) is 0 Å². The second-order valence-corrected chi connectivity index (χ2v) is 22.8. The first-order valence-electron chi connectivity index (χ1n) is 23.3. The zero-order valence-corrected chi connectivity index (χ0v) is 42.6. The van der Waals surface area contributed by atoms with E-state index < -0.39 is 27.3 Å². The molecule has 1 aliphatic carbocycles. The zero-order valence-electron chi connectivity index (χ0n) is 41.7. The molecule has 0 radical (unpaired) electrons. The Morgan fingerprint density at radius 2 is 1.48 bits per heavy atom. The molecule has 348 valence electrons. The highest BCUT2D eigenvalue weighted by atomic mass is 32.1. The molecule has 5 N–H and O–H groups in total. The van der Waals surface area contributed by atoms with Crippen LogP contribution < -0.4 is 16.4 Å². The molecule has 1 fully saturated rings. The molecular formula is C51H94N4O4S. The van der Waals surface area contributed by atoms with Crippen LogP contribution in [0.1, 0.15) is 166 Å². The lowest BCUT2D eigenvalue weighted by Gasteiger charge is -2.66. The SMILES string of the molecule is C=C(OCCCNCCN)C(C)(C(C)(C)N(C)C(C)(C(=O)OCCCNC1CCC(CC)C(O)C1C)C(C)(C)C)C(C)(C)C(C)(C)C(CC(C)(C)C)c1ccc(CS)cc1. The number of aliphatic hydroxyl groups excluding tert-OH is 1. The minimum atomic E-state index is -1.03. The van der Waals surface area contributed by atoms with E-state index in [1.807, 2.05) is 0 Å². The van der Waals surface area contributed by atoms with Gasteiger partial charge in [-0.05, 0) is 124 Å². The van der Waals surface area contributed by atoms with E-state index in [-0.39, 0.29) is 40.8 Å². The van der Waals surface area contributed by atoms with Gasteiger partial charge in [0.05, 0.1) is 25.1 Å². The van der Waals surface area contributed by atoms with Crippen LogP contribution in [-0.2, 0) is 20.0 Å². The van der Waals surface area contributed by atoms with E-state index >= 15 is 0 Å². The summed E-state index contributed by atoms with van der Waals surface area (Å²) in [7, 11) is 2.10. The molecule has 2 rings (SSSR count). The molecule has 0 bridgehead atoms. The largest absolute Gasteiger partial charge is 0.498 e. The molecular weight excluding hydrogens is 765 g/mol. The predicted octanol–water partition coefficient (Wildman–Crippen LogP) is 10.4. The van der Waals surface area contributed by atoms with Crippen molar-refractivity contribution in [2.45, 2.75) is 184 Å². The molecule has 0 aliphatic heterocycles. The average Bonchev–Trinajstić information content (AvgIpc) is 3.17. The minimum absolute atomic E-state index is 0.0606. The average molecular weight is 859 g/mol. The molecule has 7 unspecified atom stereocenters. The van der Waals surface area contributed by atoms with Gasteiger partial charge in [0.15, 0.2) is 0 Å². The maximum atomic E-state index is 14.8. The van der Waals surface area contributed by atoms with Crippen LogP contribution >= 0.6 is 12.6 Å². The lowest BCUT2D eigenvalue weighted by Crippen LogP contribution is -2.72. The van der Waals surface area contributed by atoms with Crippen LogP contribution in [0.25, 0.3) is 0 Å². The molecule has 1 aromatic carbocycles. The third-order valence-corrected chi connectivity index (χ3v) is 16.7. The van der Waals surface area contributed by atoms with Gasteiger partial charge in [-0.15, -0.1) is 0 Å². The lowest BCUT2D eigenvalue weighted by atomic mass is 9.43. The van der Waals surface area contributed by atoms with Gasteiger partial charge in [-0.25, -0.2) is 0 Å². The van der Waals surface area contributed by atoms with Crippen LogP contribution in [0, 0.1) is 38.9 Å². The zero-order chi connectivity index (χ0) is 46.1. The molecule has 1 aliphatic rings. The van der Waals surface area contributed by atoms with E-state index in [0.29, 0.717) is 37.9 Å². The van der Waals surface area contributed by atoms with E-state index in [9.17, 15) is 9.90 Å². The highest BCUT2D eigenvalue weighted by molar-refractivity contribution is 7.79. The van der Waals surface area contributed by atoms with Crippen LogP contribution in [0.5, 0.6) is 0 Å². The fraction of sp³-hybridized carbons (Fsp3) is 0.824. The molecule has 8 nitrogen and oxygen atoms in total. The van der Waals surface area contributed by atoms with Gasteiger partial charge in [-0.3, -0.25) is 9.69 Å². The third kappa shape index (κ3) is 11.9. The predicted molar refractivity (Wildman–Crippen MR) is 259 cm³/mol. The van der Waals surface area contributed by atoms with Crippen LogP contribution in [0.15, 0.2) is 36.6 Å². The normalized spacial score (nSPS) is 22.2. The number of thiol groups is 1. The molecule has 60 heavy (non-hydrogen) atoms. The summed E-state index contributed by atoms with van der Waals surface area (Å²) in [5.41, 5.74) is 4.63. The molecule has 1 aromatic rings. The first-order valence-corrected chi connectivity index (χ1v) is 23.9. The van der Waals surface area contributed by atoms with Crippen molar-refractivity contribution in [2.24, 2.45) is 44.6 Å². The molecule has 0 spiro atoms. The maximum Gasteiger partial charge on any atom is 0.326 e. The number of hydrogen-bond acceptors (Lipinski definition) is 9. The van der Waals surface area contributed by atoms with Gasteiger partial charge in [0.2, 0.25) is 0 Å². The van der Waals surface area contributed by atoms with Crippen molar-refractivity contribution in [1.29, 1.82) is 0 Å². The molecule has 7 atom stereocenters. The number of ether oxygens (including phenoxy) is 2. The smallest absolute Gasteiger partial charge is 0.326 e. The van der Waals surface area contributed by atoms with Crippen LogP contribution in [0.4, 0.5) is 0 Å². The summed E-state index contributed by atoms with van der Waals surface area (Å²) < 4.78 is 13.1. The molecule has 0 aromatic heterocycles. The number of aliphatic hydroxyl groups is 1. The summed E-state index contributed by atoms with van der Waals surface area (Å²) in [6.07, 6.45) is 5.33. The van der Waals surface area contributed by atoms with Gasteiger partial charge < -0.3 is 30.9 Å². The minimum Gasteiger partial charge on any atom is -0.498 e. The number of nitrogens with two attached hydrogens (primary N) is 1. The Morgan fingerprint density at radius 3 is 2.00 bits per heavy atom. The number of carbonyl (C=O) groups is 1. The Balaban J connectivity index is 2.61. The fourth-order valence-corrected chi connectivity index (χ4v) is 10.5. The Hall–Kier alpha value is -1.62. The Morgan fingerprint density at radius 1 is 0.917 bits per heavy atom. The molecule has 9 heteroatoms. The lowest BCUT2D eigenvalue weighted by molar-refractivity contribution is -0.191. The topological polar surface area (TPSA) is 109 Å². The Bertz CT molecular complexity index is 1480. The third-order valence-electron chi connectivity index (χ3n) is 16.3. The Labute approximate surface area is 375 Å². The number of nitrogens with one attached hydrogen (secondary N) is 2. The van der Waals surface area contributed by atoms with Crippen LogP contribution in [-0.4, -0.2) is 85.6 Å². The monoisotopic (exact) mass is 859 g/mol. The number of rotatable bonds is 24. The van der Waals surface area contributed by atoms with Gasteiger partial charge in [0.25, 0.3) is 0 Å². The van der Waals surface area contributed by atoms with E-state index in [4.69, 9.17) is 21.8 Å². The molecule has 0 heterocycles. The van der Waals surface area contributed by atoms with Gasteiger partial charge in [0.1, 0.15) is 5.54 Å². The fourth-order valence-electron chi connectivity index (χ4n) is 10.3. The highest BCUT2D eigenvalue weighted by Gasteiger charge is 2.66. The summed E-state index contributed by atoms with van der Waals surface area (Å²) in [5.74, 6) is 1.96. The number of likely N-dealkylation sites (N-methyl/N-ethyl adjacent to an activating group) is 1. The van der Waals surface area contributed by atoms with E-state index in [2.05, 4.69) is 170 Å². The van der Waals surface area contributed by atoms with Crippen molar-refractivity contribution in [3.05, 3.63) is 47.7 Å². The quantitative estimate of drug-likeness (QED) is 0.0303. The highest BCUT2D eigenvalue weighted by Crippen LogP contribution is 2.66. The molecule has 0 saturated heterocycles. The standard InChI is InChI=1S/C51H94N4O4S/c1-19-39-26-27-42(36(2)43(39)56)54-30-21-33-59-44(57)51(17,46(7,8)9)55(18)49(14,15)50(16,37(3)58-32-20-29-53-31-28-52)48(12,13)47(10,11)41(34-45(4,5)6)40-24-22-38(35-60)23-25-40/h22-25,36,39,41-43,53-54,56,60H,3,19-21,26-35,52H2,1-2,4-18H3. The summed E-state index contributed by atoms with van der Waals surface area (Å²) in [6.45, 7) is 44.8. The van der Waals surface area contributed by atoms with Crippen LogP contribution in [0.2, 0.25) is 0 Å². The van der Waals surface area contributed by atoms with Crippen LogP contribution in [0.3, 0.4) is 0 Å². The van der Waals surface area contributed by atoms with Crippen molar-refractivity contribution < 1.29 is 19.4 Å². The van der Waals surface area contributed by atoms with E-state index in [1.54, 1.807) is 0 Å². The van der Waals surface area contributed by atoms with Crippen molar-refractivity contribution >= 4 is 18.6 Å². The summed E-state index contributed by atoms with van der Waals surface area (Å²) in [6, 6.07) is 9.31. The van der Waals surface area contributed by atoms with Crippen molar-refractivity contribution in [3.63, 3.8) is 0 Å². The number of carbonyl (C=O) groups excluding carboxylic acids is 1. The van der Waals surface area contributed by atoms with E-state index in [1.165, 1.54) is 11.1 Å². The van der Waals surface area contributed by atoms with Crippen molar-refractivity contribution in [2.75, 3.05) is 46.4 Å². The maximum absolute atomic E-state index is 14.8. The number of nitrogens with zero attached hydrogens (tertiary/aromatic N) is 1. The second kappa shape index (κ2) is 21.8. The summed E-state index contributed by atoms with van der Waals surface area (Å²) in [4.78, 5) is 17.1. The Kier molecular flexibility index (Phi) is 19.8. The van der Waals surface area contributed by atoms with Gasteiger partial charge in [-0.2, -0.15) is 12.6 Å². The second-order valence-electron chi connectivity index (χ2n) is 22.4. The first kappa shape index (κ1) is 54.5. The number of hydrogen-bond donors (Lipinski definition) is 5. The van der Waals surface area contributed by atoms with Gasteiger partial charge in [-0.1, -0.05) is 127 Å². The number of esters is 1. The van der Waals surface area contributed by atoms with Gasteiger partial charge >= 0.3 is 5.97 Å².